The number of amides is 1. The molecule has 0 aliphatic heterocycles. The molecule has 3 aromatic heterocycles. The summed E-state index contributed by atoms with van der Waals surface area (Å²) in [6.07, 6.45) is 5.85. The van der Waals surface area contributed by atoms with Crippen molar-refractivity contribution in [3.05, 3.63) is 78.0 Å². The van der Waals surface area contributed by atoms with Gasteiger partial charge in [-0.25, -0.2) is 13.8 Å². The number of nitrogens with one attached hydrogen (secondary N) is 1. The van der Waals surface area contributed by atoms with Gasteiger partial charge in [0.1, 0.15) is 5.56 Å². The van der Waals surface area contributed by atoms with Crippen LogP contribution in [0.2, 0.25) is 0 Å². The zero-order valence-corrected chi connectivity index (χ0v) is 15.1. The molecule has 3 heterocycles. The molecule has 4 aromatic rings. The zero-order valence-electron chi connectivity index (χ0n) is 15.1. The number of hydrogen-bond acceptors (Lipinski definition) is 6. The molecule has 0 saturated carbocycles. The van der Waals surface area contributed by atoms with Gasteiger partial charge in [-0.1, -0.05) is 17.3 Å². The van der Waals surface area contributed by atoms with E-state index in [1.54, 1.807) is 12.3 Å². The number of benzene rings is 1. The number of aryl methyl sites for hydroxylation is 1. The van der Waals surface area contributed by atoms with Crippen LogP contribution in [0.25, 0.3) is 22.6 Å². The summed E-state index contributed by atoms with van der Waals surface area (Å²) in [6.45, 7) is 1.92. The van der Waals surface area contributed by atoms with Crippen LogP contribution < -0.4 is 5.32 Å². The average Bonchev–Trinajstić information content (AvgIpc) is 3.24. The Balaban J connectivity index is 1.59. The van der Waals surface area contributed by atoms with E-state index in [0.29, 0.717) is 11.5 Å². The van der Waals surface area contributed by atoms with Crippen LogP contribution in [0.3, 0.4) is 0 Å². The van der Waals surface area contributed by atoms with Crippen molar-refractivity contribution in [2.75, 3.05) is 5.32 Å². The van der Waals surface area contributed by atoms with Crippen LogP contribution in [0.4, 0.5) is 14.6 Å². The molecule has 0 aliphatic carbocycles. The quantitative estimate of drug-likeness (QED) is 0.563. The van der Waals surface area contributed by atoms with Gasteiger partial charge in [-0.2, -0.15) is 0 Å². The minimum absolute atomic E-state index is 0.0541. The van der Waals surface area contributed by atoms with E-state index < -0.39 is 23.1 Å². The summed E-state index contributed by atoms with van der Waals surface area (Å²) in [6, 6.07) is 7.45. The topological polar surface area (TPSA) is 93.8 Å². The fourth-order valence-electron chi connectivity index (χ4n) is 2.75. The van der Waals surface area contributed by atoms with Gasteiger partial charge in [0.15, 0.2) is 23.2 Å². The molecular formula is C20H13F2N5O2. The lowest BCUT2D eigenvalue weighted by atomic mass is 10.0. The molecule has 144 valence electrons. The minimum atomic E-state index is -1.06. The third-order valence-electron chi connectivity index (χ3n) is 4.21. The van der Waals surface area contributed by atoms with Crippen molar-refractivity contribution in [3.63, 3.8) is 0 Å². The molecule has 0 spiro atoms. The van der Waals surface area contributed by atoms with Crippen LogP contribution in [0.1, 0.15) is 15.9 Å². The SMILES string of the molecule is Cc1ccc(-c2ccno2)cc1-c1cnc(NC(=O)c2c(F)cncc2F)cn1. The lowest BCUT2D eigenvalue weighted by Gasteiger charge is -2.09. The number of halogens is 2. The van der Waals surface area contributed by atoms with Crippen LogP contribution in [0.15, 0.2) is 59.8 Å². The van der Waals surface area contributed by atoms with Crippen molar-refractivity contribution in [1.29, 1.82) is 0 Å². The largest absolute Gasteiger partial charge is 0.356 e. The second-order valence-corrected chi connectivity index (χ2v) is 6.13. The van der Waals surface area contributed by atoms with Gasteiger partial charge < -0.3 is 9.84 Å². The van der Waals surface area contributed by atoms with Crippen molar-refractivity contribution < 1.29 is 18.1 Å². The van der Waals surface area contributed by atoms with Gasteiger partial charge in [0.25, 0.3) is 5.91 Å². The van der Waals surface area contributed by atoms with Gasteiger partial charge in [0.05, 0.1) is 36.7 Å². The molecule has 1 N–H and O–H groups in total. The highest BCUT2D eigenvalue weighted by molar-refractivity contribution is 6.04. The Morgan fingerprint density at radius 1 is 1.03 bits per heavy atom. The second-order valence-electron chi connectivity index (χ2n) is 6.13. The number of nitrogens with zero attached hydrogens (tertiary/aromatic N) is 4. The third-order valence-corrected chi connectivity index (χ3v) is 4.21. The van der Waals surface area contributed by atoms with Crippen LogP contribution >= 0.6 is 0 Å². The monoisotopic (exact) mass is 393 g/mol. The summed E-state index contributed by atoms with van der Waals surface area (Å²) >= 11 is 0. The smallest absolute Gasteiger partial charge is 0.262 e. The fourth-order valence-corrected chi connectivity index (χ4v) is 2.75. The molecule has 1 aromatic carbocycles. The number of pyridine rings is 1. The van der Waals surface area contributed by atoms with Crippen LogP contribution in [-0.4, -0.2) is 26.0 Å². The first-order valence-corrected chi connectivity index (χ1v) is 8.47. The van der Waals surface area contributed by atoms with Gasteiger partial charge in [-0.3, -0.25) is 14.8 Å². The number of aromatic nitrogens is 4. The predicted octanol–water partition coefficient (Wildman–Crippen LogP) is 4.03. The van der Waals surface area contributed by atoms with Gasteiger partial charge in [0.2, 0.25) is 0 Å². The minimum Gasteiger partial charge on any atom is -0.356 e. The highest BCUT2D eigenvalue weighted by Crippen LogP contribution is 2.28. The normalized spacial score (nSPS) is 10.7. The standard InChI is InChI=1S/C20H13F2N5O2/c1-11-2-3-12(17-4-5-26-29-17)6-13(11)16-9-25-18(10-24-16)27-20(28)19-14(21)7-23-8-15(19)22/h2-10H,1H3,(H,25,27,28). The van der Waals surface area contributed by atoms with E-state index in [1.165, 1.54) is 12.4 Å². The fraction of sp³-hybridized carbons (Fsp3) is 0.0500. The average molecular weight is 393 g/mol. The molecule has 1 amide bonds. The highest BCUT2D eigenvalue weighted by atomic mass is 19.1. The first-order valence-electron chi connectivity index (χ1n) is 8.47. The van der Waals surface area contributed by atoms with E-state index in [0.717, 1.165) is 29.1 Å². The van der Waals surface area contributed by atoms with Gasteiger partial charge >= 0.3 is 0 Å². The molecule has 9 heteroatoms. The molecule has 0 saturated heterocycles. The van der Waals surface area contributed by atoms with Crippen LogP contribution in [0, 0.1) is 18.6 Å². The van der Waals surface area contributed by atoms with E-state index in [4.69, 9.17) is 4.52 Å². The molecule has 0 aliphatic rings. The zero-order chi connectivity index (χ0) is 20.4. The maximum Gasteiger partial charge on any atom is 0.262 e. The van der Waals surface area contributed by atoms with Gasteiger partial charge in [-0.15, -0.1) is 0 Å². The number of carbonyl (C=O) groups excluding carboxylic acids is 1. The first kappa shape index (κ1) is 18.4. The molecule has 29 heavy (non-hydrogen) atoms. The number of anilines is 1. The Kier molecular flexibility index (Phi) is 4.78. The van der Waals surface area contributed by atoms with Crippen molar-refractivity contribution >= 4 is 11.7 Å². The lowest BCUT2D eigenvalue weighted by molar-refractivity contribution is 0.101. The lowest BCUT2D eigenvalue weighted by Crippen LogP contribution is -2.17. The van der Waals surface area contributed by atoms with E-state index in [2.05, 4.69) is 25.4 Å². The first-order chi connectivity index (χ1) is 14.0. The number of carbonyl (C=O) groups is 1. The Morgan fingerprint density at radius 3 is 2.48 bits per heavy atom. The Labute approximate surface area is 163 Å². The molecule has 0 unspecified atom stereocenters. The molecule has 0 fully saturated rings. The second kappa shape index (κ2) is 7.55. The maximum atomic E-state index is 13.7. The van der Waals surface area contributed by atoms with Crippen molar-refractivity contribution in [3.8, 4) is 22.6 Å². The molecule has 0 bridgehead atoms. The van der Waals surface area contributed by atoms with Crippen molar-refractivity contribution in [1.82, 2.24) is 20.1 Å². The molecule has 0 radical (unpaired) electrons. The summed E-state index contributed by atoms with van der Waals surface area (Å²) in [5, 5.41) is 6.02. The predicted molar refractivity (Wildman–Crippen MR) is 99.8 cm³/mol. The van der Waals surface area contributed by atoms with E-state index >= 15 is 0 Å². The maximum absolute atomic E-state index is 13.7. The Bertz CT molecular complexity index is 1160. The molecule has 4 rings (SSSR count). The van der Waals surface area contributed by atoms with Gasteiger partial charge in [0, 0.05) is 17.2 Å². The summed E-state index contributed by atoms with van der Waals surface area (Å²) in [5.74, 6) is -2.44. The van der Waals surface area contributed by atoms with Crippen LogP contribution in [0.5, 0.6) is 0 Å². The molecule has 0 atom stereocenters. The Morgan fingerprint density at radius 2 is 1.83 bits per heavy atom. The van der Waals surface area contributed by atoms with Crippen LogP contribution in [-0.2, 0) is 0 Å². The third kappa shape index (κ3) is 3.70. The summed E-state index contributed by atoms with van der Waals surface area (Å²) in [7, 11) is 0. The molecular weight excluding hydrogens is 380 g/mol. The van der Waals surface area contributed by atoms with Crippen molar-refractivity contribution in [2.45, 2.75) is 6.92 Å². The summed E-state index contributed by atoms with van der Waals surface area (Å²) in [5.41, 5.74) is 2.42. The number of hydrogen-bond donors (Lipinski definition) is 1. The van der Waals surface area contributed by atoms with E-state index in [-0.39, 0.29) is 5.82 Å². The van der Waals surface area contributed by atoms with E-state index in [9.17, 15) is 13.6 Å². The van der Waals surface area contributed by atoms with E-state index in [1.807, 2.05) is 25.1 Å². The van der Waals surface area contributed by atoms with Crippen molar-refractivity contribution in [2.24, 2.45) is 0 Å². The number of rotatable bonds is 4. The van der Waals surface area contributed by atoms with Gasteiger partial charge in [-0.05, 0) is 18.6 Å². The summed E-state index contributed by atoms with van der Waals surface area (Å²) < 4.78 is 32.5. The molecule has 7 nitrogen and oxygen atoms in total. The summed E-state index contributed by atoms with van der Waals surface area (Å²) in [4.78, 5) is 23.9. The highest BCUT2D eigenvalue weighted by Gasteiger charge is 2.18. The Hall–Kier alpha value is -4.01.